The van der Waals surface area contributed by atoms with Crippen LogP contribution in [0.25, 0.3) is 0 Å². The van der Waals surface area contributed by atoms with E-state index in [4.69, 9.17) is 5.73 Å². The van der Waals surface area contributed by atoms with E-state index < -0.39 is 8.07 Å². The van der Waals surface area contributed by atoms with Crippen molar-refractivity contribution in [3.8, 4) is 0 Å². The Morgan fingerprint density at radius 2 is 1.84 bits per heavy atom. The Kier molecular flexibility index (Phi) is 4.49. The third-order valence-electron chi connectivity index (χ3n) is 4.33. The summed E-state index contributed by atoms with van der Waals surface area (Å²) in [5, 5.41) is 1.55. The van der Waals surface area contributed by atoms with Crippen molar-refractivity contribution < 1.29 is 0 Å². The molecule has 2 N–H and O–H groups in total. The number of hydrogen-bond donors (Lipinski definition) is 1. The van der Waals surface area contributed by atoms with E-state index in [0.717, 1.165) is 19.6 Å². The van der Waals surface area contributed by atoms with Crippen molar-refractivity contribution in [1.82, 2.24) is 4.90 Å². The third-order valence-corrected chi connectivity index (χ3v) is 6.39. The predicted octanol–water partition coefficient (Wildman–Crippen LogP) is 2.40. The van der Waals surface area contributed by atoms with Crippen LogP contribution in [0.1, 0.15) is 18.9 Å². The summed E-state index contributed by atoms with van der Waals surface area (Å²) >= 11 is 0. The van der Waals surface area contributed by atoms with Gasteiger partial charge in [-0.05, 0) is 31.4 Å². The molecule has 2 atom stereocenters. The van der Waals surface area contributed by atoms with Crippen molar-refractivity contribution in [2.75, 3.05) is 13.1 Å². The van der Waals surface area contributed by atoms with Crippen LogP contribution in [0.4, 0.5) is 0 Å². The lowest BCUT2D eigenvalue weighted by Gasteiger charge is -2.22. The first-order chi connectivity index (χ1) is 8.90. The molecule has 0 amide bonds. The Labute approximate surface area is 119 Å². The van der Waals surface area contributed by atoms with Gasteiger partial charge in [0, 0.05) is 19.1 Å². The van der Waals surface area contributed by atoms with Crippen LogP contribution in [0, 0.1) is 5.92 Å². The van der Waals surface area contributed by atoms with Crippen LogP contribution in [0.2, 0.25) is 19.6 Å². The average molecular weight is 276 g/mol. The highest BCUT2D eigenvalue weighted by Gasteiger charge is 2.27. The molecule has 0 bridgehead atoms. The molecule has 2 rings (SSSR count). The Morgan fingerprint density at radius 3 is 2.32 bits per heavy atom. The van der Waals surface area contributed by atoms with E-state index >= 15 is 0 Å². The molecule has 2 unspecified atom stereocenters. The van der Waals surface area contributed by atoms with Gasteiger partial charge in [0.1, 0.15) is 0 Å². The van der Waals surface area contributed by atoms with Crippen LogP contribution >= 0.6 is 0 Å². The van der Waals surface area contributed by atoms with E-state index in [1.165, 1.54) is 12.0 Å². The molecule has 106 valence electrons. The van der Waals surface area contributed by atoms with Gasteiger partial charge in [-0.2, -0.15) is 0 Å². The minimum Gasteiger partial charge on any atom is -0.330 e. The number of hydrogen-bond acceptors (Lipinski definition) is 2. The Bertz CT molecular complexity index is 408. The molecular formula is C16H28N2Si. The number of nitrogens with zero attached hydrogens (tertiary/aromatic N) is 1. The maximum Gasteiger partial charge on any atom is 0.0775 e. The second kappa shape index (κ2) is 5.78. The SMILES string of the molecule is CC1CC(CN)CN1Cc1ccc([Si](C)(C)C)cc1. The van der Waals surface area contributed by atoms with E-state index in [2.05, 4.69) is 55.7 Å². The van der Waals surface area contributed by atoms with Crippen LogP contribution in [-0.2, 0) is 6.54 Å². The monoisotopic (exact) mass is 276 g/mol. The predicted molar refractivity (Wildman–Crippen MR) is 86.5 cm³/mol. The molecule has 19 heavy (non-hydrogen) atoms. The van der Waals surface area contributed by atoms with Gasteiger partial charge < -0.3 is 5.73 Å². The summed E-state index contributed by atoms with van der Waals surface area (Å²) in [5.74, 6) is 0.691. The summed E-state index contributed by atoms with van der Waals surface area (Å²) < 4.78 is 0. The normalized spacial score (nSPS) is 24.9. The number of rotatable bonds is 4. The fraction of sp³-hybridized carbons (Fsp3) is 0.625. The average Bonchev–Trinajstić information content (AvgIpc) is 2.70. The summed E-state index contributed by atoms with van der Waals surface area (Å²) in [4.78, 5) is 2.57. The standard InChI is InChI=1S/C16H28N2Si/c1-13-9-15(10-17)12-18(13)11-14-5-7-16(8-6-14)19(2,3)4/h5-8,13,15H,9-12,17H2,1-4H3. The highest BCUT2D eigenvalue weighted by Crippen LogP contribution is 2.23. The van der Waals surface area contributed by atoms with Gasteiger partial charge in [0.15, 0.2) is 0 Å². The van der Waals surface area contributed by atoms with Crippen LogP contribution in [-0.4, -0.2) is 32.1 Å². The lowest BCUT2D eigenvalue weighted by Crippen LogP contribution is -2.37. The largest absolute Gasteiger partial charge is 0.330 e. The van der Waals surface area contributed by atoms with E-state index in [9.17, 15) is 0 Å². The second-order valence-corrected chi connectivity index (χ2v) is 12.1. The van der Waals surface area contributed by atoms with E-state index in [1.54, 1.807) is 5.19 Å². The molecule has 1 saturated heterocycles. The molecule has 0 radical (unpaired) electrons. The summed E-state index contributed by atoms with van der Waals surface area (Å²) in [6, 6.07) is 9.97. The molecule has 2 nitrogen and oxygen atoms in total. The number of likely N-dealkylation sites (tertiary alicyclic amines) is 1. The second-order valence-electron chi connectivity index (χ2n) is 7.06. The van der Waals surface area contributed by atoms with Crippen LogP contribution in [0.15, 0.2) is 24.3 Å². The minimum absolute atomic E-state index is 0.671. The van der Waals surface area contributed by atoms with Gasteiger partial charge in [0.2, 0.25) is 0 Å². The summed E-state index contributed by atoms with van der Waals surface area (Å²) in [7, 11) is -1.16. The fourth-order valence-corrected chi connectivity index (χ4v) is 4.12. The van der Waals surface area contributed by atoms with Crippen molar-refractivity contribution >= 4 is 13.3 Å². The van der Waals surface area contributed by atoms with Crippen molar-refractivity contribution in [3.05, 3.63) is 29.8 Å². The molecule has 0 aromatic heterocycles. The van der Waals surface area contributed by atoms with E-state index in [1.807, 2.05) is 0 Å². The van der Waals surface area contributed by atoms with Crippen molar-refractivity contribution in [1.29, 1.82) is 0 Å². The topological polar surface area (TPSA) is 29.3 Å². The van der Waals surface area contributed by atoms with Crippen LogP contribution in [0.3, 0.4) is 0 Å². The van der Waals surface area contributed by atoms with E-state index in [0.29, 0.717) is 12.0 Å². The molecule has 1 fully saturated rings. The lowest BCUT2D eigenvalue weighted by atomic mass is 10.1. The van der Waals surface area contributed by atoms with Crippen molar-refractivity contribution in [2.45, 2.75) is 45.6 Å². The minimum atomic E-state index is -1.16. The molecule has 1 aliphatic rings. The Balaban J connectivity index is 2.00. The van der Waals surface area contributed by atoms with Gasteiger partial charge in [-0.3, -0.25) is 4.90 Å². The number of benzene rings is 1. The van der Waals surface area contributed by atoms with Crippen LogP contribution in [0.5, 0.6) is 0 Å². The quantitative estimate of drug-likeness (QED) is 0.856. The van der Waals surface area contributed by atoms with E-state index in [-0.39, 0.29) is 0 Å². The zero-order valence-electron chi connectivity index (χ0n) is 12.8. The van der Waals surface area contributed by atoms with Gasteiger partial charge in [-0.15, -0.1) is 0 Å². The van der Waals surface area contributed by atoms with Crippen molar-refractivity contribution in [2.24, 2.45) is 11.7 Å². The van der Waals surface area contributed by atoms with Gasteiger partial charge in [0.25, 0.3) is 0 Å². The lowest BCUT2D eigenvalue weighted by molar-refractivity contribution is 0.256. The first kappa shape index (κ1) is 14.8. The molecule has 0 aliphatic carbocycles. The highest BCUT2D eigenvalue weighted by molar-refractivity contribution is 6.88. The van der Waals surface area contributed by atoms with Gasteiger partial charge in [-0.1, -0.05) is 49.1 Å². The summed E-state index contributed by atoms with van der Waals surface area (Å²) in [6.45, 7) is 12.6. The molecular weight excluding hydrogens is 248 g/mol. The first-order valence-corrected chi connectivity index (χ1v) is 10.9. The fourth-order valence-electron chi connectivity index (χ4n) is 2.95. The Hall–Kier alpha value is -0.643. The number of nitrogens with two attached hydrogens (primary N) is 1. The molecule has 1 aliphatic heterocycles. The first-order valence-electron chi connectivity index (χ1n) is 7.43. The highest BCUT2D eigenvalue weighted by atomic mass is 28.3. The zero-order valence-corrected chi connectivity index (χ0v) is 13.8. The van der Waals surface area contributed by atoms with Crippen molar-refractivity contribution in [3.63, 3.8) is 0 Å². The molecule has 1 aromatic rings. The van der Waals surface area contributed by atoms with Crippen LogP contribution < -0.4 is 10.9 Å². The maximum absolute atomic E-state index is 5.80. The summed E-state index contributed by atoms with van der Waals surface area (Å²) in [6.07, 6.45) is 1.25. The third kappa shape index (κ3) is 3.68. The summed E-state index contributed by atoms with van der Waals surface area (Å²) in [5.41, 5.74) is 7.23. The molecule has 1 heterocycles. The Morgan fingerprint density at radius 1 is 1.21 bits per heavy atom. The smallest absolute Gasteiger partial charge is 0.0775 e. The van der Waals surface area contributed by atoms with Gasteiger partial charge >= 0.3 is 0 Å². The van der Waals surface area contributed by atoms with Gasteiger partial charge in [0.05, 0.1) is 8.07 Å². The molecule has 1 aromatic carbocycles. The molecule has 0 spiro atoms. The zero-order chi connectivity index (χ0) is 14.0. The maximum atomic E-state index is 5.80. The molecule has 0 saturated carbocycles. The van der Waals surface area contributed by atoms with Gasteiger partial charge in [-0.25, -0.2) is 0 Å². The molecule has 3 heteroatoms.